The van der Waals surface area contributed by atoms with Gasteiger partial charge in [0, 0.05) is 12.0 Å². The van der Waals surface area contributed by atoms with Crippen molar-refractivity contribution < 1.29 is 23.1 Å². The van der Waals surface area contributed by atoms with Crippen molar-refractivity contribution in [2.45, 2.75) is 19.8 Å². The summed E-state index contributed by atoms with van der Waals surface area (Å²) in [7, 11) is 0. The molecule has 0 aliphatic heterocycles. The van der Waals surface area contributed by atoms with Gasteiger partial charge in [-0.3, -0.25) is 4.79 Å². The van der Waals surface area contributed by atoms with Crippen molar-refractivity contribution >= 4 is 27.7 Å². The second-order valence-corrected chi connectivity index (χ2v) is 4.31. The minimum absolute atomic E-state index is 0.0834. The minimum atomic E-state index is -2.79. The van der Waals surface area contributed by atoms with Crippen molar-refractivity contribution in [1.29, 1.82) is 0 Å². The number of carbonyl (C=O) groups is 2. The molecule has 1 aromatic rings. The topological polar surface area (TPSA) is 43.4 Å². The molecule has 104 valence electrons. The van der Waals surface area contributed by atoms with Crippen LogP contribution in [-0.4, -0.2) is 23.7 Å². The Morgan fingerprint density at radius 3 is 2.58 bits per heavy atom. The number of esters is 1. The van der Waals surface area contributed by atoms with E-state index in [4.69, 9.17) is 4.74 Å². The van der Waals surface area contributed by atoms with Crippen molar-refractivity contribution in [2.75, 3.05) is 11.9 Å². The van der Waals surface area contributed by atoms with E-state index in [1.165, 1.54) is 18.2 Å². The molecule has 0 aliphatic carbocycles. The van der Waals surface area contributed by atoms with Crippen molar-refractivity contribution in [3.63, 3.8) is 0 Å². The number of Topliss-reactive ketones (excluding diaryl/α,β-unsaturated/α-hetero) is 1. The van der Waals surface area contributed by atoms with Gasteiger partial charge in [0.2, 0.25) is 0 Å². The van der Waals surface area contributed by atoms with E-state index >= 15 is 0 Å². The van der Waals surface area contributed by atoms with Gasteiger partial charge in [-0.25, -0.2) is 13.6 Å². The molecule has 0 N–H and O–H groups in total. The van der Waals surface area contributed by atoms with Gasteiger partial charge < -0.3 is 4.74 Å². The second kappa shape index (κ2) is 7.33. The van der Waals surface area contributed by atoms with Gasteiger partial charge in [0.15, 0.2) is 0 Å². The van der Waals surface area contributed by atoms with Crippen LogP contribution in [0.2, 0.25) is 0 Å². The average Bonchev–Trinajstić information content (AvgIpc) is 2.38. The zero-order chi connectivity index (χ0) is 14.4. The molecule has 0 saturated carbocycles. The largest absolute Gasteiger partial charge is 0.462 e. The first kappa shape index (κ1) is 15.8. The quantitative estimate of drug-likeness (QED) is 0.592. The summed E-state index contributed by atoms with van der Waals surface area (Å²) in [6.45, 7) is 1.68. The summed E-state index contributed by atoms with van der Waals surface area (Å²) in [5.41, 5.74) is -0.340. The number of halogens is 3. The van der Waals surface area contributed by atoms with Crippen molar-refractivity contribution in [1.82, 2.24) is 0 Å². The normalized spacial score (nSPS) is 10.6. The van der Waals surface area contributed by atoms with Gasteiger partial charge in [-0.05, 0) is 12.5 Å². The van der Waals surface area contributed by atoms with E-state index < -0.39 is 18.0 Å². The van der Waals surface area contributed by atoms with E-state index in [0.717, 1.165) is 0 Å². The fourth-order valence-corrected chi connectivity index (χ4v) is 1.86. The maximum Gasteiger partial charge on any atom is 0.338 e. The summed E-state index contributed by atoms with van der Waals surface area (Å²) in [6.07, 6.45) is -2.88. The van der Waals surface area contributed by atoms with E-state index in [2.05, 4.69) is 15.9 Å². The van der Waals surface area contributed by atoms with Crippen molar-refractivity contribution in [3.05, 3.63) is 34.9 Å². The summed E-state index contributed by atoms with van der Waals surface area (Å²) in [4.78, 5) is 23.2. The maximum absolute atomic E-state index is 12.9. The smallest absolute Gasteiger partial charge is 0.338 e. The highest BCUT2D eigenvalue weighted by atomic mass is 79.9. The number of benzene rings is 1. The maximum atomic E-state index is 12.9. The monoisotopic (exact) mass is 334 g/mol. The zero-order valence-corrected chi connectivity index (χ0v) is 11.9. The van der Waals surface area contributed by atoms with E-state index in [1.54, 1.807) is 6.92 Å². The number of ketones is 1. The highest BCUT2D eigenvalue weighted by Crippen LogP contribution is 2.26. The molecule has 6 heteroatoms. The van der Waals surface area contributed by atoms with Crippen LogP contribution in [0.3, 0.4) is 0 Å². The summed E-state index contributed by atoms with van der Waals surface area (Å²) < 4.78 is 30.6. The summed E-state index contributed by atoms with van der Waals surface area (Å²) >= 11 is 3.00. The van der Waals surface area contributed by atoms with Crippen LogP contribution < -0.4 is 0 Å². The summed E-state index contributed by atoms with van der Waals surface area (Å²) in [5, 5.41) is 0.105. The molecule has 0 bridgehead atoms. The fraction of sp³-hybridized carbons (Fsp3) is 0.385. The molecular formula is C13H13BrF2O3. The SMILES string of the molecule is CCOC(=O)c1c(CC(=O)CBr)cccc1C(F)F. The number of alkyl halides is 3. The van der Waals surface area contributed by atoms with Crippen molar-refractivity contribution in [3.8, 4) is 0 Å². The Morgan fingerprint density at radius 2 is 2.05 bits per heavy atom. The van der Waals surface area contributed by atoms with Gasteiger partial charge in [-0.2, -0.15) is 0 Å². The molecule has 0 spiro atoms. The lowest BCUT2D eigenvalue weighted by Crippen LogP contribution is -2.15. The molecular weight excluding hydrogens is 322 g/mol. The molecule has 0 aliphatic rings. The van der Waals surface area contributed by atoms with Gasteiger partial charge in [-0.1, -0.05) is 34.1 Å². The van der Waals surface area contributed by atoms with Gasteiger partial charge in [0.25, 0.3) is 6.43 Å². The lowest BCUT2D eigenvalue weighted by atomic mass is 9.97. The Balaban J connectivity index is 3.25. The van der Waals surface area contributed by atoms with Crippen LogP contribution in [0.15, 0.2) is 18.2 Å². The molecule has 0 amide bonds. The first-order valence-electron chi connectivity index (χ1n) is 5.66. The predicted octanol–water partition coefficient (Wildman–Crippen LogP) is 3.31. The molecule has 0 saturated heterocycles. The fourth-order valence-electron chi connectivity index (χ4n) is 1.66. The molecule has 0 unspecified atom stereocenters. The van der Waals surface area contributed by atoms with Crippen LogP contribution in [0.25, 0.3) is 0 Å². The number of carbonyl (C=O) groups excluding carboxylic acids is 2. The molecule has 19 heavy (non-hydrogen) atoms. The Kier molecular flexibility index (Phi) is 6.08. The molecule has 0 heterocycles. The van der Waals surface area contributed by atoms with Crippen LogP contribution in [0.1, 0.15) is 34.8 Å². The highest BCUT2D eigenvalue weighted by molar-refractivity contribution is 9.09. The van der Waals surface area contributed by atoms with E-state index in [-0.39, 0.29) is 35.3 Å². The van der Waals surface area contributed by atoms with Crippen LogP contribution in [0, 0.1) is 0 Å². The second-order valence-electron chi connectivity index (χ2n) is 3.75. The molecule has 0 fully saturated rings. The van der Waals surface area contributed by atoms with Crippen molar-refractivity contribution in [2.24, 2.45) is 0 Å². The third kappa shape index (κ3) is 4.09. The third-order valence-corrected chi connectivity index (χ3v) is 3.06. The number of rotatable bonds is 6. The summed E-state index contributed by atoms with van der Waals surface area (Å²) in [6, 6.07) is 4.05. The Labute approximate surface area is 118 Å². The van der Waals surface area contributed by atoms with E-state index in [1.807, 2.05) is 0 Å². The molecule has 0 aromatic heterocycles. The zero-order valence-electron chi connectivity index (χ0n) is 10.3. The van der Waals surface area contributed by atoms with Gasteiger partial charge in [0.05, 0.1) is 17.5 Å². The average molecular weight is 335 g/mol. The molecule has 1 aromatic carbocycles. The van der Waals surface area contributed by atoms with E-state index in [9.17, 15) is 18.4 Å². The summed E-state index contributed by atoms with van der Waals surface area (Å²) in [5.74, 6) is -1.02. The lowest BCUT2D eigenvalue weighted by molar-refractivity contribution is -0.115. The molecule has 0 atom stereocenters. The predicted molar refractivity (Wildman–Crippen MR) is 69.9 cm³/mol. The molecule has 3 nitrogen and oxygen atoms in total. The first-order chi connectivity index (χ1) is 9.01. The van der Waals surface area contributed by atoms with Crippen LogP contribution in [-0.2, 0) is 16.0 Å². The van der Waals surface area contributed by atoms with Crippen LogP contribution in [0.5, 0.6) is 0 Å². The van der Waals surface area contributed by atoms with Gasteiger partial charge in [-0.15, -0.1) is 0 Å². The Bertz CT molecular complexity index is 475. The minimum Gasteiger partial charge on any atom is -0.462 e. The standard InChI is InChI=1S/C13H13BrF2O3/c1-2-19-13(18)11-8(6-9(17)7-14)4-3-5-10(11)12(15)16/h3-5,12H,2,6-7H2,1H3. The molecule has 0 radical (unpaired) electrons. The molecule has 1 rings (SSSR count). The number of hydrogen-bond acceptors (Lipinski definition) is 3. The number of hydrogen-bond donors (Lipinski definition) is 0. The third-order valence-electron chi connectivity index (χ3n) is 2.43. The number of ether oxygens (including phenoxy) is 1. The van der Waals surface area contributed by atoms with Gasteiger partial charge >= 0.3 is 5.97 Å². The van der Waals surface area contributed by atoms with Crippen LogP contribution >= 0.6 is 15.9 Å². The Hall–Kier alpha value is -1.30. The van der Waals surface area contributed by atoms with Gasteiger partial charge in [0.1, 0.15) is 5.78 Å². The lowest BCUT2D eigenvalue weighted by Gasteiger charge is -2.12. The Morgan fingerprint density at radius 1 is 1.37 bits per heavy atom. The van der Waals surface area contributed by atoms with Crippen LogP contribution in [0.4, 0.5) is 8.78 Å². The highest BCUT2D eigenvalue weighted by Gasteiger charge is 2.23. The first-order valence-corrected chi connectivity index (χ1v) is 6.78. The van der Waals surface area contributed by atoms with E-state index in [0.29, 0.717) is 0 Å².